The van der Waals surface area contributed by atoms with Crippen molar-refractivity contribution in [1.82, 2.24) is 9.97 Å². The van der Waals surface area contributed by atoms with Crippen LogP contribution < -0.4 is 15.0 Å². The molecule has 1 aliphatic carbocycles. The van der Waals surface area contributed by atoms with Gasteiger partial charge in [0, 0.05) is 10.4 Å². The lowest BCUT2D eigenvalue weighted by Gasteiger charge is -2.14. The van der Waals surface area contributed by atoms with E-state index in [4.69, 9.17) is 14.5 Å². The zero-order valence-electron chi connectivity index (χ0n) is 18.0. The minimum absolute atomic E-state index is 0.0702. The largest absolute Gasteiger partial charge is 0.493 e. The van der Waals surface area contributed by atoms with Crippen molar-refractivity contribution in [2.45, 2.75) is 39.2 Å². The van der Waals surface area contributed by atoms with E-state index in [-0.39, 0.29) is 5.56 Å². The van der Waals surface area contributed by atoms with Gasteiger partial charge in [-0.3, -0.25) is 4.79 Å². The molecule has 0 atom stereocenters. The van der Waals surface area contributed by atoms with Crippen molar-refractivity contribution in [1.29, 1.82) is 0 Å². The van der Waals surface area contributed by atoms with Crippen LogP contribution in [-0.2, 0) is 19.4 Å². The highest BCUT2D eigenvalue weighted by Gasteiger charge is 2.21. The summed E-state index contributed by atoms with van der Waals surface area (Å²) >= 11 is 5.26. The maximum absolute atomic E-state index is 12.9. The second kappa shape index (κ2) is 8.71. The first-order chi connectivity index (χ1) is 15.5. The monoisotopic (exact) mass is 510 g/mol. The molecule has 5 nitrogen and oxygen atoms in total. The van der Waals surface area contributed by atoms with Crippen LogP contribution in [0.4, 0.5) is 0 Å². The van der Waals surface area contributed by atoms with Gasteiger partial charge in [0.25, 0.3) is 5.56 Å². The molecule has 2 aromatic carbocycles. The number of aromatic nitrogens is 2. The van der Waals surface area contributed by atoms with E-state index < -0.39 is 0 Å². The molecule has 2 heterocycles. The molecule has 0 fully saturated rings. The number of ether oxygens (including phenoxy) is 2. The Morgan fingerprint density at radius 2 is 1.94 bits per heavy atom. The lowest BCUT2D eigenvalue weighted by molar-refractivity contribution is 0.282. The van der Waals surface area contributed by atoms with Crippen LogP contribution in [0, 0.1) is 6.92 Å². The summed E-state index contributed by atoms with van der Waals surface area (Å²) in [5, 5.41) is 0.762. The number of rotatable bonds is 5. The van der Waals surface area contributed by atoms with Crippen LogP contribution >= 0.6 is 27.3 Å². The highest BCUT2D eigenvalue weighted by atomic mass is 79.9. The van der Waals surface area contributed by atoms with E-state index in [0.29, 0.717) is 23.9 Å². The predicted octanol–water partition coefficient (Wildman–Crippen LogP) is 6.19. The lowest BCUT2D eigenvalue weighted by atomic mass is 9.97. The summed E-state index contributed by atoms with van der Waals surface area (Å²) in [6, 6.07) is 12.0. The summed E-state index contributed by atoms with van der Waals surface area (Å²) in [5.74, 6) is 1.73. The third kappa shape index (κ3) is 3.95. The summed E-state index contributed by atoms with van der Waals surface area (Å²) in [4.78, 5) is 22.8. The number of nitrogens with zero attached hydrogens (tertiary/aromatic N) is 1. The Morgan fingerprint density at radius 1 is 1.16 bits per heavy atom. The van der Waals surface area contributed by atoms with Gasteiger partial charge < -0.3 is 14.5 Å². The van der Waals surface area contributed by atoms with Gasteiger partial charge in [0.15, 0.2) is 11.5 Å². The Labute approximate surface area is 198 Å². The zero-order chi connectivity index (χ0) is 22.2. The number of hydrogen-bond acceptors (Lipinski definition) is 5. The Kier molecular flexibility index (Phi) is 5.78. The van der Waals surface area contributed by atoms with E-state index in [9.17, 15) is 4.79 Å². The summed E-state index contributed by atoms with van der Waals surface area (Å²) in [7, 11) is 1.61. The van der Waals surface area contributed by atoms with Gasteiger partial charge in [-0.1, -0.05) is 29.8 Å². The molecule has 0 unspecified atom stereocenters. The topological polar surface area (TPSA) is 64.2 Å². The number of methoxy groups -OCH3 is 1. The minimum atomic E-state index is -0.0702. The SMILES string of the molecule is COc1cc(-c2nc3sc4c(c3c(=O)[nH]2)CCCC4)cc(Br)c1OCc1ccc(C)cc1. The number of thiophene rings is 1. The molecule has 1 aliphatic rings. The number of halogens is 1. The normalized spacial score (nSPS) is 13.2. The molecular weight excluding hydrogens is 488 g/mol. The van der Waals surface area contributed by atoms with E-state index >= 15 is 0 Å². The number of benzene rings is 2. The van der Waals surface area contributed by atoms with Crippen molar-refractivity contribution in [3.05, 3.63) is 72.8 Å². The lowest BCUT2D eigenvalue weighted by Crippen LogP contribution is -2.11. The van der Waals surface area contributed by atoms with Crippen molar-refractivity contribution >= 4 is 37.5 Å². The molecule has 0 spiro atoms. The van der Waals surface area contributed by atoms with E-state index in [0.717, 1.165) is 45.1 Å². The van der Waals surface area contributed by atoms with Gasteiger partial charge in [0.05, 0.1) is 17.0 Å². The summed E-state index contributed by atoms with van der Waals surface area (Å²) in [6.07, 6.45) is 4.32. The Bertz CT molecular complexity index is 1360. The van der Waals surface area contributed by atoms with Gasteiger partial charge >= 0.3 is 0 Å². The first-order valence-corrected chi connectivity index (χ1v) is 12.2. The molecule has 2 aromatic heterocycles. The molecule has 4 aromatic rings. The van der Waals surface area contributed by atoms with Gasteiger partial charge in [-0.05, 0) is 71.8 Å². The van der Waals surface area contributed by atoms with E-state index in [1.807, 2.05) is 12.1 Å². The van der Waals surface area contributed by atoms with Crippen molar-refractivity contribution in [3.8, 4) is 22.9 Å². The third-order valence-electron chi connectivity index (χ3n) is 5.83. The Morgan fingerprint density at radius 3 is 2.72 bits per heavy atom. The molecule has 1 N–H and O–H groups in total. The molecule has 7 heteroatoms. The molecule has 0 aliphatic heterocycles. The molecule has 0 saturated heterocycles. The molecule has 0 amide bonds. The Hall–Kier alpha value is -2.64. The highest BCUT2D eigenvalue weighted by molar-refractivity contribution is 9.10. The van der Waals surface area contributed by atoms with E-state index in [2.05, 4.69) is 52.1 Å². The average Bonchev–Trinajstić information content (AvgIpc) is 3.18. The van der Waals surface area contributed by atoms with Gasteiger partial charge in [0.2, 0.25) is 0 Å². The molecular formula is C25H23BrN2O3S. The van der Waals surface area contributed by atoms with Crippen molar-refractivity contribution in [3.63, 3.8) is 0 Å². The smallest absolute Gasteiger partial charge is 0.260 e. The molecule has 0 radical (unpaired) electrons. The number of hydrogen-bond donors (Lipinski definition) is 1. The number of aromatic amines is 1. The molecule has 0 bridgehead atoms. The fraction of sp³-hybridized carbons (Fsp3) is 0.280. The highest BCUT2D eigenvalue weighted by Crippen LogP contribution is 2.40. The van der Waals surface area contributed by atoms with E-state index in [1.54, 1.807) is 18.4 Å². The summed E-state index contributed by atoms with van der Waals surface area (Å²) < 4.78 is 12.4. The van der Waals surface area contributed by atoms with Crippen molar-refractivity contribution in [2.24, 2.45) is 0 Å². The van der Waals surface area contributed by atoms with Crippen LogP contribution in [0.2, 0.25) is 0 Å². The van der Waals surface area contributed by atoms with Crippen LogP contribution in [0.3, 0.4) is 0 Å². The fourth-order valence-corrected chi connectivity index (χ4v) is 5.96. The molecule has 5 rings (SSSR count). The van der Waals surface area contributed by atoms with Crippen LogP contribution in [0.25, 0.3) is 21.6 Å². The molecule has 0 saturated carbocycles. The quantitative estimate of drug-likeness (QED) is 0.347. The van der Waals surface area contributed by atoms with Gasteiger partial charge in [-0.2, -0.15) is 0 Å². The second-order valence-electron chi connectivity index (χ2n) is 8.07. The number of nitrogens with one attached hydrogen (secondary N) is 1. The molecule has 164 valence electrons. The fourth-order valence-electron chi connectivity index (χ4n) is 4.14. The van der Waals surface area contributed by atoms with Crippen LogP contribution in [0.5, 0.6) is 11.5 Å². The summed E-state index contributed by atoms with van der Waals surface area (Å²) in [6.45, 7) is 2.49. The second-order valence-corrected chi connectivity index (χ2v) is 10.0. The van der Waals surface area contributed by atoms with Gasteiger partial charge in [-0.15, -0.1) is 11.3 Å². The standard InChI is InChI=1S/C25H23BrN2O3S/c1-14-7-9-15(10-8-14)13-31-22-18(26)11-16(12-19(22)30-2)23-27-24(29)21-17-5-3-4-6-20(17)32-25(21)28-23/h7-12H,3-6,13H2,1-2H3,(H,27,28,29). The minimum Gasteiger partial charge on any atom is -0.493 e. The first kappa shape index (κ1) is 21.2. The van der Waals surface area contributed by atoms with Crippen LogP contribution in [0.1, 0.15) is 34.4 Å². The van der Waals surface area contributed by atoms with Gasteiger partial charge in [0.1, 0.15) is 17.3 Å². The predicted molar refractivity (Wildman–Crippen MR) is 132 cm³/mol. The van der Waals surface area contributed by atoms with Crippen molar-refractivity contribution in [2.75, 3.05) is 7.11 Å². The average molecular weight is 511 g/mol. The number of aryl methyl sites for hydroxylation is 3. The summed E-state index contributed by atoms with van der Waals surface area (Å²) in [5.41, 5.74) is 4.17. The van der Waals surface area contributed by atoms with Crippen LogP contribution in [0.15, 0.2) is 45.7 Å². The molecule has 32 heavy (non-hydrogen) atoms. The van der Waals surface area contributed by atoms with Crippen molar-refractivity contribution < 1.29 is 9.47 Å². The van der Waals surface area contributed by atoms with E-state index in [1.165, 1.54) is 22.4 Å². The number of H-pyrrole nitrogens is 1. The number of fused-ring (bicyclic) bond motifs is 3. The maximum Gasteiger partial charge on any atom is 0.260 e. The van der Waals surface area contributed by atoms with Crippen LogP contribution in [-0.4, -0.2) is 17.1 Å². The Balaban J connectivity index is 1.50. The van der Waals surface area contributed by atoms with Gasteiger partial charge in [-0.25, -0.2) is 4.98 Å². The first-order valence-electron chi connectivity index (χ1n) is 10.6. The zero-order valence-corrected chi connectivity index (χ0v) is 20.4. The maximum atomic E-state index is 12.9. The third-order valence-corrected chi connectivity index (χ3v) is 7.61.